The van der Waals surface area contributed by atoms with E-state index >= 15 is 0 Å². The quantitative estimate of drug-likeness (QED) is 0.0771. The number of furan rings is 2. The maximum absolute atomic E-state index is 12.9. The number of allylic oxidation sites excluding steroid dienone is 4. The Balaban J connectivity index is 0.00000186. The normalized spacial score (nSPS) is 17.2. The van der Waals surface area contributed by atoms with Crippen LogP contribution in [-0.2, 0) is 31.1 Å². The largest absolute Gasteiger partial charge is 1.00 e. The number of hydrogen-bond acceptors (Lipinski definition) is 9. The number of anilines is 1. The molecule has 0 saturated carbocycles. The summed E-state index contributed by atoms with van der Waals surface area (Å²) in [6.07, 6.45) is 4.07. The fourth-order valence-corrected chi connectivity index (χ4v) is 9.22. The molecular formula is C42H41N2NaO8S2. The van der Waals surface area contributed by atoms with Gasteiger partial charge in [0.15, 0.2) is 20.9 Å². The van der Waals surface area contributed by atoms with Crippen molar-refractivity contribution in [3.63, 3.8) is 0 Å². The van der Waals surface area contributed by atoms with Gasteiger partial charge < -0.3 is 17.9 Å². The number of fused-ring (bicyclic) bond motifs is 8. The number of rotatable bonds is 7. The van der Waals surface area contributed by atoms with Crippen LogP contribution in [-0.4, -0.2) is 42.1 Å². The Morgan fingerprint density at radius 3 is 1.95 bits per heavy atom. The van der Waals surface area contributed by atoms with Gasteiger partial charge in [-0.2, -0.15) is 4.58 Å². The summed E-state index contributed by atoms with van der Waals surface area (Å²) < 4.78 is 89.9. The standard InChI is InChI=1S/C42H36N2O8S2.Na.3H2/c1-7-13-40(54(48,49)50)44-33-23-37-29(27-15-10-12-17-35(27)52-37)21-31(33)42(5,6)39(44)19-25(8-2)18-38-41(3,4)30-20-28-26-14-9-11-16-34(26)51-36(28)22-32(30)43(38)24-53(45,46)47;;;;/h9-12,14-23H,1,8,24H2,2-6H3,(H-,45,46,47,48,49,50);;3*1H/q;+1;;;/p-1. The van der Waals surface area contributed by atoms with Gasteiger partial charge in [0.2, 0.25) is 11.6 Å². The van der Waals surface area contributed by atoms with Crippen LogP contribution < -0.4 is 34.5 Å². The SMILES string of the molecule is C=C=C=C(N1C(=CC(=CC2=[N+](CS(=O)(=O)[O-])c3cc4oc5ccccc5c4cc3C2(C)C)CC)C(C)(C)c2cc3c(cc21)oc1ccccc13)S(=O)(=O)[O-].[HH].[HH].[HH].[Na+]. The summed E-state index contributed by atoms with van der Waals surface area (Å²) in [6.45, 7) is 13.2. The van der Waals surface area contributed by atoms with Crippen LogP contribution >= 0.6 is 0 Å². The Morgan fingerprint density at radius 1 is 0.836 bits per heavy atom. The molecule has 2 aliphatic heterocycles. The van der Waals surface area contributed by atoms with E-state index in [0.29, 0.717) is 57.1 Å². The summed E-state index contributed by atoms with van der Waals surface area (Å²) >= 11 is 0. The predicted octanol–water partition coefficient (Wildman–Crippen LogP) is 6.45. The second-order valence-electron chi connectivity index (χ2n) is 14.7. The molecule has 0 aliphatic carbocycles. The van der Waals surface area contributed by atoms with Crippen LogP contribution in [0.1, 0.15) is 56.4 Å². The minimum absolute atomic E-state index is 0. The molecule has 0 saturated heterocycles. The summed E-state index contributed by atoms with van der Waals surface area (Å²) in [5.41, 5.74) is 9.71. The molecule has 2 aliphatic rings. The van der Waals surface area contributed by atoms with Gasteiger partial charge in [-0.3, -0.25) is 4.90 Å². The van der Waals surface area contributed by atoms with Crippen molar-refractivity contribution in [1.82, 2.24) is 0 Å². The van der Waals surface area contributed by atoms with E-state index in [1.165, 1.54) is 9.48 Å². The third-order valence-corrected chi connectivity index (χ3v) is 12.0. The Labute approximate surface area is 345 Å². The van der Waals surface area contributed by atoms with E-state index in [0.717, 1.165) is 32.7 Å². The summed E-state index contributed by atoms with van der Waals surface area (Å²) in [7, 11) is -9.89. The zero-order valence-electron chi connectivity index (χ0n) is 31.2. The molecule has 4 heterocycles. The number of hydrogen-bond donors (Lipinski definition) is 0. The third kappa shape index (κ3) is 6.28. The first-order valence-electron chi connectivity index (χ1n) is 17.3. The molecule has 0 unspecified atom stereocenters. The molecule has 55 heavy (non-hydrogen) atoms. The third-order valence-electron chi connectivity index (χ3n) is 10.7. The first-order chi connectivity index (χ1) is 25.4. The van der Waals surface area contributed by atoms with Crippen LogP contribution in [0.3, 0.4) is 0 Å². The molecule has 0 atom stereocenters. The molecule has 4 aromatic carbocycles. The Bertz CT molecular complexity index is 3080. The van der Waals surface area contributed by atoms with E-state index < -0.39 is 42.0 Å². The maximum Gasteiger partial charge on any atom is 1.00 e. The second-order valence-corrected chi connectivity index (χ2v) is 17.3. The average molecular weight is 789 g/mol. The molecule has 0 spiro atoms. The van der Waals surface area contributed by atoms with Gasteiger partial charge in [0.05, 0.1) is 17.2 Å². The molecule has 13 heteroatoms. The van der Waals surface area contributed by atoms with E-state index in [1.54, 1.807) is 12.1 Å². The monoisotopic (exact) mass is 788 g/mol. The molecule has 0 bridgehead atoms. The van der Waals surface area contributed by atoms with Gasteiger partial charge >= 0.3 is 29.6 Å². The summed E-state index contributed by atoms with van der Waals surface area (Å²) in [6, 6.07) is 22.6. The van der Waals surface area contributed by atoms with Crippen LogP contribution in [0, 0.1) is 0 Å². The first-order valence-corrected chi connectivity index (χ1v) is 20.3. The summed E-state index contributed by atoms with van der Waals surface area (Å²) in [5.74, 6) is -0.823. The van der Waals surface area contributed by atoms with Crippen molar-refractivity contribution in [2.24, 2.45) is 0 Å². The second kappa shape index (κ2) is 13.3. The molecule has 0 fully saturated rings. The van der Waals surface area contributed by atoms with E-state index in [9.17, 15) is 25.9 Å². The zero-order chi connectivity index (χ0) is 38.5. The van der Waals surface area contributed by atoms with Gasteiger partial charge in [0.25, 0.3) is 0 Å². The Hall–Kier alpha value is -4.45. The summed E-state index contributed by atoms with van der Waals surface area (Å²) in [4.78, 5) is 1.37. The molecule has 6 aromatic rings. The van der Waals surface area contributed by atoms with Gasteiger partial charge in [-0.1, -0.05) is 62.9 Å². The van der Waals surface area contributed by atoms with E-state index in [1.807, 2.05) is 107 Å². The van der Waals surface area contributed by atoms with E-state index in [2.05, 4.69) is 18.0 Å². The van der Waals surface area contributed by atoms with Crippen LogP contribution in [0.4, 0.5) is 11.4 Å². The van der Waals surface area contributed by atoms with Crippen molar-refractivity contribution in [1.29, 1.82) is 0 Å². The van der Waals surface area contributed by atoms with Crippen LogP contribution in [0.25, 0.3) is 43.9 Å². The molecule has 0 N–H and O–H groups in total. The molecule has 2 aromatic heterocycles. The maximum atomic E-state index is 12.9. The molecule has 280 valence electrons. The van der Waals surface area contributed by atoms with Gasteiger partial charge in [-0.15, -0.1) is 0 Å². The number of para-hydroxylation sites is 2. The number of benzene rings is 4. The van der Waals surface area contributed by atoms with Crippen molar-refractivity contribution in [2.75, 3.05) is 10.8 Å². The molecule has 0 radical (unpaired) electrons. The molecule has 0 amide bonds. The summed E-state index contributed by atoms with van der Waals surface area (Å²) in [5, 5.41) is 2.80. The van der Waals surface area contributed by atoms with Gasteiger partial charge in [-0.25, -0.2) is 16.8 Å². The van der Waals surface area contributed by atoms with Crippen LogP contribution in [0.15, 0.2) is 128 Å². The topological polar surface area (TPSA) is 147 Å². The first kappa shape index (κ1) is 38.8. The van der Waals surface area contributed by atoms with Gasteiger partial charge in [0, 0.05) is 54.6 Å². The smallest absolute Gasteiger partial charge is 0.743 e. The van der Waals surface area contributed by atoms with Gasteiger partial charge in [0.1, 0.15) is 32.5 Å². The minimum atomic E-state index is -5.13. The van der Waals surface area contributed by atoms with Crippen molar-refractivity contribution in [3.05, 3.63) is 130 Å². The van der Waals surface area contributed by atoms with Gasteiger partial charge in [-0.05, 0) is 74.1 Å². The average Bonchev–Trinajstić information content (AvgIpc) is 3.77. The van der Waals surface area contributed by atoms with Crippen molar-refractivity contribution >= 4 is 81.2 Å². The number of nitrogens with zero attached hydrogens (tertiary/aromatic N) is 2. The van der Waals surface area contributed by atoms with E-state index in [4.69, 9.17) is 8.83 Å². The zero-order valence-corrected chi connectivity index (χ0v) is 34.8. The Morgan fingerprint density at radius 2 is 1.40 bits per heavy atom. The minimum Gasteiger partial charge on any atom is -0.743 e. The molecule has 10 nitrogen and oxygen atoms in total. The van der Waals surface area contributed by atoms with E-state index in [-0.39, 0.29) is 33.8 Å². The fraction of sp³-hybridized carbons (Fsp3) is 0.214. The molecular weight excluding hydrogens is 748 g/mol. The van der Waals surface area contributed by atoms with Crippen LogP contribution in [0.2, 0.25) is 0 Å². The van der Waals surface area contributed by atoms with Crippen molar-refractivity contribution < 1.29 is 73.2 Å². The molecule has 8 rings (SSSR count). The predicted molar refractivity (Wildman–Crippen MR) is 214 cm³/mol. The Kier molecular flexibility index (Phi) is 9.42. The van der Waals surface area contributed by atoms with Crippen LogP contribution in [0.5, 0.6) is 0 Å². The van der Waals surface area contributed by atoms with Crippen molar-refractivity contribution in [3.8, 4) is 0 Å². The fourth-order valence-electron chi connectivity index (χ4n) is 8.01. The van der Waals surface area contributed by atoms with Crippen molar-refractivity contribution in [2.45, 2.75) is 51.9 Å².